The van der Waals surface area contributed by atoms with Crippen molar-refractivity contribution in [3.8, 4) is 0 Å². The number of carbonyl (C=O) groups is 1. The smallest absolute Gasteiger partial charge is 0.237 e. The molecule has 2 rings (SSSR count). The molecule has 1 aromatic rings. The van der Waals surface area contributed by atoms with Crippen molar-refractivity contribution in [1.82, 2.24) is 9.78 Å². The van der Waals surface area contributed by atoms with Crippen molar-refractivity contribution in [3.63, 3.8) is 0 Å². The van der Waals surface area contributed by atoms with Crippen LogP contribution in [0.15, 0.2) is 12.4 Å². The van der Waals surface area contributed by atoms with Crippen molar-refractivity contribution in [1.29, 1.82) is 0 Å². The molecule has 100 valence electrons. The van der Waals surface area contributed by atoms with Crippen LogP contribution < -0.4 is 4.90 Å². The molecule has 1 saturated heterocycles. The molecule has 0 aromatic carbocycles. The lowest BCUT2D eigenvalue weighted by Crippen LogP contribution is -2.26. The molecule has 0 N–H and O–H groups in total. The van der Waals surface area contributed by atoms with E-state index in [0.717, 1.165) is 13.0 Å². The summed E-state index contributed by atoms with van der Waals surface area (Å²) in [6.45, 7) is 2.89. The topological polar surface area (TPSA) is 72.3 Å². The Morgan fingerprint density at radius 2 is 2.28 bits per heavy atom. The van der Waals surface area contributed by atoms with Gasteiger partial charge >= 0.3 is 0 Å². The highest BCUT2D eigenvalue weighted by Gasteiger charge is 2.38. The maximum Gasteiger partial charge on any atom is 0.237 e. The standard InChI is InChI=1S/C10H14ClN3O3S/c1-2-3-13-6-8(5-12-13)14-7-9(4-10(14)15)18(11,16)17/h5-6,9H,2-4,7H2,1H3. The molecule has 1 aromatic heterocycles. The van der Waals surface area contributed by atoms with Crippen LogP contribution in [0, 0.1) is 0 Å². The van der Waals surface area contributed by atoms with Gasteiger partial charge in [0.25, 0.3) is 0 Å². The average molecular weight is 292 g/mol. The summed E-state index contributed by atoms with van der Waals surface area (Å²) >= 11 is 0. The van der Waals surface area contributed by atoms with Crippen molar-refractivity contribution >= 4 is 31.3 Å². The molecule has 1 aliphatic rings. The molecule has 1 aliphatic heterocycles. The van der Waals surface area contributed by atoms with E-state index < -0.39 is 14.3 Å². The number of rotatable bonds is 4. The van der Waals surface area contributed by atoms with Gasteiger partial charge in [0.05, 0.1) is 11.9 Å². The molecule has 1 fully saturated rings. The minimum absolute atomic E-state index is 0.0647. The molecule has 0 saturated carbocycles. The maximum absolute atomic E-state index is 11.8. The van der Waals surface area contributed by atoms with Crippen LogP contribution in [-0.2, 0) is 20.4 Å². The number of aryl methyl sites for hydroxylation is 1. The van der Waals surface area contributed by atoms with Gasteiger partial charge in [-0.1, -0.05) is 6.92 Å². The van der Waals surface area contributed by atoms with E-state index in [-0.39, 0.29) is 18.9 Å². The lowest BCUT2D eigenvalue weighted by atomic mass is 10.4. The Morgan fingerprint density at radius 1 is 1.56 bits per heavy atom. The maximum atomic E-state index is 11.8. The van der Waals surface area contributed by atoms with Crippen LogP contribution in [0.4, 0.5) is 5.69 Å². The summed E-state index contributed by atoms with van der Waals surface area (Å²) in [6.07, 6.45) is 4.18. The van der Waals surface area contributed by atoms with Crippen LogP contribution in [-0.4, -0.2) is 35.9 Å². The molecule has 18 heavy (non-hydrogen) atoms. The minimum atomic E-state index is -3.70. The van der Waals surface area contributed by atoms with Gasteiger partial charge in [-0.05, 0) is 6.42 Å². The van der Waals surface area contributed by atoms with Gasteiger partial charge in [-0.2, -0.15) is 5.10 Å². The molecular weight excluding hydrogens is 278 g/mol. The molecule has 1 unspecified atom stereocenters. The zero-order chi connectivity index (χ0) is 13.3. The van der Waals surface area contributed by atoms with Gasteiger partial charge in [0, 0.05) is 36.4 Å². The molecule has 0 aliphatic carbocycles. The second-order valence-electron chi connectivity index (χ2n) is 4.27. The van der Waals surface area contributed by atoms with Crippen molar-refractivity contribution in [2.75, 3.05) is 11.4 Å². The largest absolute Gasteiger partial charge is 0.308 e. The Balaban J connectivity index is 2.16. The van der Waals surface area contributed by atoms with E-state index in [0.29, 0.717) is 5.69 Å². The fourth-order valence-corrected chi connectivity index (χ4v) is 2.98. The normalized spacial score (nSPS) is 20.7. The summed E-state index contributed by atoms with van der Waals surface area (Å²) in [5, 5.41) is 3.28. The second-order valence-corrected chi connectivity index (χ2v) is 7.18. The third kappa shape index (κ3) is 2.67. The highest BCUT2D eigenvalue weighted by molar-refractivity contribution is 8.14. The minimum Gasteiger partial charge on any atom is -0.308 e. The van der Waals surface area contributed by atoms with Gasteiger partial charge in [-0.3, -0.25) is 9.48 Å². The van der Waals surface area contributed by atoms with Gasteiger partial charge in [0.1, 0.15) is 5.25 Å². The summed E-state index contributed by atoms with van der Waals surface area (Å²) in [5.41, 5.74) is 0.622. The number of carbonyl (C=O) groups excluding carboxylic acids is 1. The zero-order valence-corrected chi connectivity index (χ0v) is 11.5. The van der Waals surface area contributed by atoms with E-state index in [4.69, 9.17) is 10.7 Å². The van der Waals surface area contributed by atoms with Crippen LogP contribution in [0.25, 0.3) is 0 Å². The Kier molecular flexibility index (Phi) is 3.63. The highest BCUT2D eigenvalue weighted by atomic mass is 35.7. The summed E-state index contributed by atoms with van der Waals surface area (Å²) in [7, 11) is 1.59. The zero-order valence-electron chi connectivity index (χ0n) is 9.91. The Morgan fingerprint density at radius 3 is 2.83 bits per heavy atom. The molecule has 6 nitrogen and oxygen atoms in total. The Bertz CT molecular complexity index is 554. The van der Waals surface area contributed by atoms with E-state index in [1.807, 2.05) is 6.92 Å². The predicted molar refractivity (Wildman–Crippen MR) is 68.0 cm³/mol. The van der Waals surface area contributed by atoms with Gasteiger partial charge in [-0.15, -0.1) is 0 Å². The molecule has 1 atom stereocenters. The van der Waals surface area contributed by atoms with Crippen LogP contribution in [0.2, 0.25) is 0 Å². The van der Waals surface area contributed by atoms with Crippen molar-refractivity contribution in [2.24, 2.45) is 0 Å². The number of aromatic nitrogens is 2. The van der Waals surface area contributed by atoms with Crippen molar-refractivity contribution < 1.29 is 13.2 Å². The molecule has 8 heteroatoms. The van der Waals surface area contributed by atoms with Gasteiger partial charge < -0.3 is 4.90 Å². The molecule has 0 spiro atoms. The van der Waals surface area contributed by atoms with Crippen molar-refractivity contribution in [2.45, 2.75) is 31.6 Å². The lowest BCUT2D eigenvalue weighted by Gasteiger charge is -2.12. The first-order valence-corrected chi connectivity index (χ1v) is 8.05. The van der Waals surface area contributed by atoms with E-state index in [9.17, 15) is 13.2 Å². The first-order chi connectivity index (χ1) is 8.41. The number of hydrogen-bond donors (Lipinski definition) is 0. The molecule has 1 amide bonds. The van der Waals surface area contributed by atoms with E-state index >= 15 is 0 Å². The average Bonchev–Trinajstić information content (AvgIpc) is 2.84. The third-order valence-corrected chi connectivity index (χ3v) is 4.74. The van der Waals surface area contributed by atoms with E-state index in [1.165, 1.54) is 4.90 Å². The van der Waals surface area contributed by atoms with Crippen LogP contribution in [0.3, 0.4) is 0 Å². The monoisotopic (exact) mass is 291 g/mol. The first-order valence-electron chi connectivity index (χ1n) is 5.68. The number of nitrogens with zero attached hydrogens (tertiary/aromatic N) is 3. The SMILES string of the molecule is CCCn1cc(N2CC(S(=O)(=O)Cl)CC2=O)cn1. The second kappa shape index (κ2) is 4.89. The third-order valence-electron chi connectivity index (χ3n) is 2.87. The summed E-state index contributed by atoms with van der Waals surface area (Å²) in [5.74, 6) is -0.236. The summed E-state index contributed by atoms with van der Waals surface area (Å²) in [6, 6.07) is 0. The van der Waals surface area contributed by atoms with Gasteiger partial charge in [0.2, 0.25) is 15.0 Å². The number of hydrogen-bond acceptors (Lipinski definition) is 4. The fourth-order valence-electron chi connectivity index (χ4n) is 1.96. The fraction of sp³-hybridized carbons (Fsp3) is 0.600. The van der Waals surface area contributed by atoms with E-state index in [2.05, 4.69) is 5.10 Å². The number of anilines is 1. The van der Waals surface area contributed by atoms with Crippen molar-refractivity contribution in [3.05, 3.63) is 12.4 Å². The van der Waals surface area contributed by atoms with Gasteiger partial charge in [-0.25, -0.2) is 8.42 Å². The molecule has 0 bridgehead atoms. The number of halogens is 1. The highest BCUT2D eigenvalue weighted by Crippen LogP contribution is 2.26. The Hall–Kier alpha value is -1.08. The first kappa shape index (κ1) is 13.4. The quantitative estimate of drug-likeness (QED) is 0.775. The van der Waals surface area contributed by atoms with Gasteiger partial charge in [0.15, 0.2) is 0 Å². The van der Waals surface area contributed by atoms with Crippen LogP contribution in [0.5, 0.6) is 0 Å². The predicted octanol–water partition coefficient (Wildman–Crippen LogP) is 0.967. The Labute approximate surface area is 110 Å². The molecular formula is C10H14ClN3O3S. The number of amides is 1. The van der Waals surface area contributed by atoms with E-state index in [1.54, 1.807) is 17.1 Å². The van der Waals surface area contributed by atoms with Crippen LogP contribution >= 0.6 is 10.7 Å². The van der Waals surface area contributed by atoms with Crippen LogP contribution in [0.1, 0.15) is 19.8 Å². The molecule has 0 radical (unpaired) electrons. The molecule has 2 heterocycles. The lowest BCUT2D eigenvalue weighted by molar-refractivity contribution is -0.117. The summed E-state index contributed by atoms with van der Waals surface area (Å²) < 4.78 is 24.2. The summed E-state index contributed by atoms with van der Waals surface area (Å²) in [4.78, 5) is 13.2.